The summed E-state index contributed by atoms with van der Waals surface area (Å²) in [6.45, 7) is 0. The molecule has 102 valence electrons. The Balaban J connectivity index is 1.93. The van der Waals surface area contributed by atoms with E-state index in [2.05, 4.69) is 39.2 Å². The fraction of sp³-hybridized carbons (Fsp3) is 0.0588. The molecule has 0 saturated heterocycles. The van der Waals surface area contributed by atoms with Gasteiger partial charge in [0, 0.05) is 30.5 Å². The Bertz CT molecular complexity index is 903. The number of rotatable bonds is 2. The van der Waals surface area contributed by atoms with Crippen LogP contribution >= 0.6 is 0 Å². The zero-order chi connectivity index (χ0) is 14.2. The fourth-order valence-corrected chi connectivity index (χ4v) is 2.66. The van der Waals surface area contributed by atoms with E-state index in [1.807, 2.05) is 42.3 Å². The van der Waals surface area contributed by atoms with Gasteiger partial charge in [-0.1, -0.05) is 18.2 Å². The highest BCUT2D eigenvalue weighted by molar-refractivity contribution is 5.87. The molecule has 1 N–H and O–H groups in total. The summed E-state index contributed by atoms with van der Waals surface area (Å²) in [5.74, 6) is 0. The van der Waals surface area contributed by atoms with Gasteiger partial charge in [0.15, 0.2) is 0 Å². The molecule has 21 heavy (non-hydrogen) atoms. The largest absolute Gasteiger partial charge is 0.361 e. The molecule has 4 nitrogen and oxygen atoms in total. The van der Waals surface area contributed by atoms with Crippen molar-refractivity contribution >= 4 is 10.9 Å². The van der Waals surface area contributed by atoms with Crippen LogP contribution in [0.15, 0.2) is 61.2 Å². The average molecular weight is 274 g/mol. The number of aromatic nitrogens is 4. The molecule has 0 bridgehead atoms. The lowest BCUT2D eigenvalue weighted by molar-refractivity contribution is 0.921. The van der Waals surface area contributed by atoms with Crippen molar-refractivity contribution < 1.29 is 0 Å². The van der Waals surface area contributed by atoms with E-state index in [0.29, 0.717) is 0 Å². The normalized spacial score (nSPS) is 11.1. The maximum Gasteiger partial charge on any atom is 0.115 e. The first-order chi connectivity index (χ1) is 10.3. The van der Waals surface area contributed by atoms with Crippen LogP contribution in [-0.2, 0) is 7.05 Å². The second kappa shape index (κ2) is 4.59. The highest BCUT2D eigenvalue weighted by Gasteiger charge is 2.14. The third-order valence-electron chi connectivity index (χ3n) is 3.67. The van der Waals surface area contributed by atoms with Gasteiger partial charge in [0.05, 0.1) is 17.7 Å². The molecule has 0 saturated carbocycles. The van der Waals surface area contributed by atoms with Crippen molar-refractivity contribution in [2.75, 3.05) is 0 Å². The maximum atomic E-state index is 4.52. The third-order valence-corrected chi connectivity index (χ3v) is 3.67. The number of aromatic amines is 1. The molecule has 0 aliphatic carbocycles. The van der Waals surface area contributed by atoms with Crippen molar-refractivity contribution in [2.45, 2.75) is 0 Å². The lowest BCUT2D eigenvalue weighted by atomic mass is 10.1. The second-order valence-electron chi connectivity index (χ2n) is 5.05. The molecule has 4 aromatic rings. The van der Waals surface area contributed by atoms with Gasteiger partial charge in [0.1, 0.15) is 5.69 Å². The smallest absolute Gasteiger partial charge is 0.115 e. The lowest BCUT2D eigenvalue weighted by Gasteiger charge is -2.06. The zero-order valence-electron chi connectivity index (χ0n) is 11.6. The predicted octanol–water partition coefficient (Wildman–Crippen LogP) is 3.63. The van der Waals surface area contributed by atoms with Gasteiger partial charge in [-0.15, -0.1) is 0 Å². The van der Waals surface area contributed by atoms with Crippen LogP contribution in [-0.4, -0.2) is 19.5 Å². The Labute approximate surface area is 122 Å². The third kappa shape index (κ3) is 1.92. The Kier molecular flexibility index (Phi) is 2.60. The van der Waals surface area contributed by atoms with Gasteiger partial charge < -0.3 is 9.55 Å². The first-order valence-corrected chi connectivity index (χ1v) is 6.83. The van der Waals surface area contributed by atoms with Crippen molar-refractivity contribution in [1.82, 2.24) is 19.5 Å². The van der Waals surface area contributed by atoms with Crippen molar-refractivity contribution in [3.05, 3.63) is 61.2 Å². The number of nitrogens with zero attached hydrogens (tertiary/aromatic N) is 3. The van der Waals surface area contributed by atoms with Crippen molar-refractivity contribution in [3.8, 4) is 22.6 Å². The number of nitrogens with one attached hydrogen (secondary N) is 1. The molecule has 0 radical (unpaired) electrons. The number of pyridine rings is 1. The number of H-pyrrole nitrogens is 1. The maximum absolute atomic E-state index is 4.52. The Morgan fingerprint density at radius 3 is 2.86 bits per heavy atom. The Hall–Kier alpha value is -2.88. The minimum Gasteiger partial charge on any atom is -0.361 e. The SMILES string of the molecule is Cn1cnc(-c2ccccn2)c1-c1ccc2cc[nH]c2c1. The van der Waals surface area contributed by atoms with Crippen LogP contribution in [0.5, 0.6) is 0 Å². The molecular formula is C17H14N4. The molecule has 0 spiro atoms. The Morgan fingerprint density at radius 1 is 1.05 bits per heavy atom. The zero-order valence-corrected chi connectivity index (χ0v) is 11.6. The molecule has 0 aliphatic rings. The van der Waals surface area contributed by atoms with Crippen molar-refractivity contribution in [2.24, 2.45) is 7.05 Å². The highest BCUT2D eigenvalue weighted by Crippen LogP contribution is 2.31. The van der Waals surface area contributed by atoms with Crippen LogP contribution < -0.4 is 0 Å². The summed E-state index contributed by atoms with van der Waals surface area (Å²) < 4.78 is 2.04. The number of benzene rings is 1. The topological polar surface area (TPSA) is 46.5 Å². The van der Waals surface area contributed by atoms with E-state index in [4.69, 9.17) is 0 Å². The molecule has 1 aromatic carbocycles. The van der Waals surface area contributed by atoms with E-state index in [1.54, 1.807) is 6.20 Å². The van der Waals surface area contributed by atoms with Crippen LogP contribution in [0, 0.1) is 0 Å². The Morgan fingerprint density at radius 2 is 2.00 bits per heavy atom. The van der Waals surface area contributed by atoms with Crippen LogP contribution in [0.2, 0.25) is 0 Å². The number of aryl methyl sites for hydroxylation is 1. The minimum atomic E-state index is 0.889. The molecule has 0 amide bonds. The van der Waals surface area contributed by atoms with E-state index in [1.165, 1.54) is 5.39 Å². The van der Waals surface area contributed by atoms with E-state index >= 15 is 0 Å². The molecule has 4 heteroatoms. The van der Waals surface area contributed by atoms with E-state index < -0.39 is 0 Å². The highest BCUT2D eigenvalue weighted by atomic mass is 15.0. The number of fused-ring (bicyclic) bond motifs is 1. The average Bonchev–Trinajstić information content (AvgIpc) is 3.13. The van der Waals surface area contributed by atoms with E-state index in [-0.39, 0.29) is 0 Å². The molecule has 4 rings (SSSR count). The van der Waals surface area contributed by atoms with Gasteiger partial charge >= 0.3 is 0 Å². The standard InChI is InChI=1S/C17H14N4/c1-21-11-20-16(14-4-2-3-8-18-14)17(21)13-6-5-12-7-9-19-15(12)10-13/h2-11,19H,1H3. The van der Waals surface area contributed by atoms with Crippen LogP contribution in [0.25, 0.3) is 33.5 Å². The molecule has 0 aliphatic heterocycles. The summed E-state index contributed by atoms with van der Waals surface area (Å²) in [6.07, 6.45) is 5.58. The molecule has 3 aromatic heterocycles. The van der Waals surface area contributed by atoms with Gasteiger partial charge in [-0.05, 0) is 29.7 Å². The number of hydrogen-bond acceptors (Lipinski definition) is 2. The van der Waals surface area contributed by atoms with Gasteiger partial charge in [-0.25, -0.2) is 4.98 Å². The monoisotopic (exact) mass is 274 g/mol. The quantitative estimate of drug-likeness (QED) is 0.606. The number of imidazole rings is 1. The van der Waals surface area contributed by atoms with E-state index in [0.717, 1.165) is 28.2 Å². The molecule has 3 heterocycles. The first-order valence-electron chi connectivity index (χ1n) is 6.83. The van der Waals surface area contributed by atoms with Gasteiger partial charge in [0.2, 0.25) is 0 Å². The fourth-order valence-electron chi connectivity index (χ4n) is 2.66. The first kappa shape index (κ1) is 11.9. The van der Waals surface area contributed by atoms with Crippen LogP contribution in [0.1, 0.15) is 0 Å². The van der Waals surface area contributed by atoms with Crippen molar-refractivity contribution in [1.29, 1.82) is 0 Å². The second-order valence-corrected chi connectivity index (χ2v) is 5.05. The minimum absolute atomic E-state index is 0.889. The summed E-state index contributed by atoms with van der Waals surface area (Å²) in [5, 5.41) is 1.21. The van der Waals surface area contributed by atoms with Gasteiger partial charge in [-0.3, -0.25) is 4.98 Å². The number of hydrogen-bond donors (Lipinski definition) is 1. The summed E-state index contributed by atoms with van der Waals surface area (Å²) in [4.78, 5) is 12.2. The molecule has 0 unspecified atom stereocenters. The van der Waals surface area contributed by atoms with Gasteiger partial charge in [0.25, 0.3) is 0 Å². The summed E-state index contributed by atoms with van der Waals surface area (Å²) in [7, 11) is 2.01. The summed E-state index contributed by atoms with van der Waals surface area (Å²) in [6, 6.07) is 14.3. The summed E-state index contributed by atoms with van der Waals surface area (Å²) >= 11 is 0. The van der Waals surface area contributed by atoms with Crippen molar-refractivity contribution in [3.63, 3.8) is 0 Å². The molecule has 0 atom stereocenters. The predicted molar refractivity (Wildman–Crippen MR) is 83.7 cm³/mol. The van der Waals surface area contributed by atoms with E-state index in [9.17, 15) is 0 Å². The van der Waals surface area contributed by atoms with Crippen LogP contribution in [0.4, 0.5) is 0 Å². The van der Waals surface area contributed by atoms with Gasteiger partial charge in [-0.2, -0.15) is 0 Å². The summed E-state index contributed by atoms with van der Waals surface area (Å²) in [5.41, 5.74) is 5.13. The van der Waals surface area contributed by atoms with Crippen LogP contribution in [0.3, 0.4) is 0 Å². The lowest BCUT2D eigenvalue weighted by Crippen LogP contribution is -1.92. The molecular weight excluding hydrogens is 260 g/mol. The molecule has 0 fully saturated rings.